The lowest BCUT2D eigenvalue weighted by Gasteiger charge is -2.17. The number of aromatic nitrogens is 1. The smallest absolute Gasteiger partial charge is 0.212 e. The summed E-state index contributed by atoms with van der Waals surface area (Å²) in [4.78, 5) is 3.70. The molecule has 0 saturated heterocycles. The largest absolute Gasteiger partial charge is 0.494 e. The molecule has 0 bridgehead atoms. The van der Waals surface area contributed by atoms with Gasteiger partial charge in [-0.2, -0.15) is 4.57 Å². The van der Waals surface area contributed by atoms with Crippen LogP contribution >= 0.6 is 11.8 Å². The van der Waals surface area contributed by atoms with Gasteiger partial charge >= 0.3 is 0 Å². The number of nitrogens with zero attached hydrogens (tertiary/aromatic N) is 2. The maximum absolute atomic E-state index is 5.62. The minimum absolute atomic E-state index is 0.687. The Morgan fingerprint density at radius 3 is 2.73 bits per heavy atom. The number of benzene rings is 2. The number of aryl methyl sites for hydroxylation is 1. The Labute approximate surface area is 158 Å². The molecule has 0 saturated carbocycles. The summed E-state index contributed by atoms with van der Waals surface area (Å²) in [6.07, 6.45) is 2.28. The third kappa shape index (κ3) is 2.95. The van der Waals surface area contributed by atoms with E-state index >= 15 is 0 Å². The van der Waals surface area contributed by atoms with Gasteiger partial charge < -0.3 is 9.64 Å². The second-order valence-corrected chi connectivity index (χ2v) is 7.33. The second-order valence-electron chi connectivity index (χ2n) is 6.27. The van der Waals surface area contributed by atoms with Crippen molar-refractivity contribution in [2.75, 3.05) is 18.1 Å². The molecule has 4 rings (SSSR count). The fourth-order valence-corrected chi connectivity index (χ4v) is 4.58. The molecule has 0 spiro atoms. The van der Waals surface area contributed by atoms with Gasteiger partial charge in [0.15, 0.2) is 0 Å². The van der Waals surface area contributed by atoms with Gasteiger partial charge in [0, 0.05) is 29.6 Å². The first-order valence-corrected chi connectivity index (χ1v) is 9.84. The van der Waals surface area contributed by atoms with E-state index in [4.69, 9.17) is 4.74 Å². The van der Waals surface area contributed by atoms with Crippen LogP contribution in [0.1, 0.15) is 19.5 Å². The topological polar surface area (TPSA) is 16.4 Å². The Balaban J connectivity index is 1.74. The van der Waals surface area contributed by atoms with Crippen molar-refractivity contribution in [2.24, 2.45) is 7.05 Å². The maximum atomic E-state index is 5.62. The zero-order valence-electron chi connectivity index (χ0n) is 15.4. The molecule has 1 aliphatic heterocycles. The molecule has 3 aromatic rings. The molecular weight excluding hydrogens is 340 g/mol. The van der Waals surface area contributed by atoms with Crippen molar-refractivity contribution >= 4 is 34.4 Å². The molecule has 0 N–H and O–H groups in total. The minimum atomic E-state index is 0.687. The molecule has 132 valence electrons. The van der Waals surface area contributed by atoms with Gasteiger partial charge in [-0.15, -0.1) is 0 Å². The van der Waals surface area contributed by atoms with E-state index in [9.17, 15) is 0 Å². The van der Waals surface area contributed by atoms with E-state index in [1.807, 2.05) is 24.8 Å². The Bertz CT molecular complexity index is 997. The fourth-order valence-electron chi connectivity index (χ4n) is 3.41. The van der Waals surface area contributed by atoms with E-state index in [1.165, 1.54) is 32.2 Å². The minimum Gasteiger partial charge on any atom is -0.494 e. The van der Waals surface area contributed by atoms with E-state index in [2.05, 4.69) is 78.0 Å². The van der Waals surface area contributed by atoms with E-state index in [1.54, 1.807) is 0 Å². The molecule has 3 nitrogen and oxygen atoms in total. The number of hydrogen-bond acceptors (Lipinski definition) is 3. The number of anilines is 1. The lowest BCUT2D eigenvalue weighted by Crippen LogP contribution is -2.33. The summed E-state index contributed by atoms with van der Waals surface area (Å²) in [5.41, 5.74) is 3.69. The number of thioether (sulfide) groups is 1. The summed E-state index contributed by atoms with van der Waals surface area (Å²) < 4.78 is 7.87. The summed E-state index contributed by atoms with van der Waals surface area (Å²) >= 11 is 1.84. The summed E-state index contributed by atoms with van der Waals surface area (Å²) in [6.45, 7) is 5.86. The molecule has 0 aliphatic carbocycles. The predicted octanol–water partition coefficient (Wildman–Crippen LogP) is 4.99. The molecule has 2 aromatic carbocycles. The van der Waals surface area contributed by atoms with Crippen LogP contribution in [0.15, 0.2) is 64.5 Å². The fraction of sp³-hybridized carbons (Fsp3) is 0.227. The normalized spacial score (nSPS) is 14.9. The SMILES string of the molecule is CCOc1ccc2c(ccc(C=C3Sc4ccccc4N3CC)[n+]2C)c1. The average Bonchev–Trinajstić information content (AvgIpc) is 3.01. The molecule has 2 heterocycles. The highest BCUT2D eigenvalue weighted by Crippen LogP contribution is 2.46. The highest BCUT2D eigenvalue weighted by molar-refractivity contribution is 8.03. The van der Waals surface area contributed by atoms with Crippen LogP contribution in [0.3, 0.4) is 0 Å². The third-order valence-electron chi connectivity index (χ3n) is 4.72. The van der Waals surface area contributed by atoms with Crippen molar-refractivity contribution in [1.29, 1.82) is 0 Å². The Hall–Kier alpha value is -2.46. The summed E-state index contributed by atoms with van der Waals surface area (Å²) in [5, 5.41) is 2.46. The summed E-state index contributed by atoms with van der Waals surface area (Å²) in [7, 11) is 2.12. The number of hydrogen-bond donors (Lipinski definition) is 0. The van der Waals surface area contributed by atoms with Crippen molar-refractivity contribution in [3.8, 4) is 5.75 Å². The first-order valence-electron chi connectivity index (χ1n) is 9.03. The van der Waals surface area contributed by atoms with Crippen LogP contribution in [0.4, 0.5) is 5.69 Å². The lowest BCUT2D eigenvalue weighted by molar-refractivity contribution is -0.646. The monoisotopic (exact) mass is 363 g/mol. The molecule has 1 aliphatic rings. The number of rotatable bonds is 4. The Kier molecular flexibility index (Phi) is 4.60. The molecule has 0 atom stereocenters. The van der Waals surface area contributed by atoms with E-state index in [0.717, 1.165) is 12.3 Å². The van der Waals surface area contributed by atoms with Gasteiger partial charge in [0.1, 0.15) is 12.8 Å². The molecule has 0 unspecified atom stereocenters. The summed E-state index contributed by atoms with van der Waals surface area (Å²) in [6, 6.07) is 19.2. The van der Waals surface area contributed by atoms with E-state index in [0.29, 0.717) is 6.61 Å². The van der Waals surface area contributed by atoms with Crippen LogP contribution in [0.2, 0.25) is 0 Å². The van der Waals surface area contributed by atoms with Crippen LogP contribution in [0.25, 0.3) is 17.0 Å². The number of fused-ring (bicyclic) bond motifs is 2. The van der Waals surface area contributed by atoms with Gasteiger partial charge in [-0.3, -0.25) is 0 Å². The standard InChI is InChI=1S/C22H23N2OS/c1-4-24-20-8-6-7-9-21(20)26-22(24)15-17-11-10-16-14-18(25-5-2)12-13-19(16)23(17)3/h6-15H,4-5H2,1-3H3/q+1. The Morgan fingerprint density at radius 2 is 1.92 bits per heavy atom. The van der Waals surface area contributed by atoms with Crippen molar-refractivity contribution in [2.45, 2.75) is 18.7 Å². The molecular formula is C22H23N2OS+. The molecule has 4 heteroatoms. The van der Waals surface area contributed by atoms with Crippen LogP contribution < -0.4 is 14.2 Å². The van der Waals surface area contributed by atoms with Gasteiger partial charge in [0.25, 0.3) is 0 Å². The van der Waals surface area contributed by atoms with Crippen LogP contribution in [-0.4, -0.2) is 13.2 Å². The first kappa shape index (κ1) is 17.0. The van der Waals surface area contributed by atoms with Crippen LogP contribution in [-0.2, 0) is 7.05 Å². The highest BCUT2D eigenvalue weighted by atomic mass is 32.2. The van der Waals surface area contributed by atoms with Gasteiger partial charge in [0.2, 0.25) is 11.2 Å². The van der Waals surface area contributed by atoms with Crippen molar-refractivity contribution in [3.05, 3.63) is 65.3 Å². The zero-order chi connectivity index (χ0) is 18.1. The molecule has 0 amide bonds. The quantitative estimate of drug-likeness (QED) is 0.607. The van der Waals surface area contributed by atoms with Crippen LogP contribution in [0.5, 0.6) is 5.75 Å². The van der Waals surface area contributed by atoms with E-state index in [-0.39, 0.29) is 0 Å². The van der Waals surface area contributed by atoms with Crippen molar-refractivity contribution in [1.82, 2.24) is 0 Å². The van der Waals surface area contributed by atoms with E-state index < -0.39 is 0 Å². The number of para-hydroxylation sites is 1. The first-order chi connectivity index (χ1) is 12.7. The van der Waals surface area contributed by atoms with Crippen molar-refractivity contribution in [3.63, 3.8) is 0 Å². The maximum Gasteiger partial charge on any atom is 0.212 e. The predicted molar refractivity (Wildman–Crippen MR) is 110 cm³/mol. The van der Waals surface area contributed by atoms with Gasteiger partial charge in [0.05, 0.1) is 22.7 Å². The van der Waals surface area contributed by atoms with Crippen molar-refractivity contribution < 1.29 is 9.30 Å². The molecule has 1 aromatic heterocycles. The lowest BCUT2D eigenvalue weighted by atomic mass is 10.1. The zero-order valence-corrected chi connectivity index (χ0v) is 16.2. The van der Waals surface area contributed by atoms with Gasteiger partial charge in [-0.1, -0.05) is 23.9 Å². The highest BCUT2D eigenvalue weighted by Gasteiger charge is 2.24. The molecule has 0 fully saturated rings. The summed E-state index contributed by atoms with van der Waals surface area (Å²) in [5.74, 6) is 0.921. The van der Waals surface area contributed by atoms with Gasteiger partial charge in [-0.05, 0) is 44.2 Å². The Morgan fingerprint density at radius 1 is 1.08 bits per heavy atom. The van der Waals surface area contributed by atoms with Gasteiger partial charge in [-0.25, -0.2) is 0 Å². The second kappa shape index (κ2) is 7.04. The number of pyridine rings is 1. The number of ether oxygens (including phenoxy) is 1. The van der Waals surface area contributed by atoms with Crippen LogP contribution in [0, 0.1) is 0 Å². The molecule has 0 radical (unpaired) electrons. The average molecular weight is 364 g/mol. The third-order valence-corrected chi connectivity index (χ3v) is 5.83. The molecule has 26 heavy (non-hydrogen) atoms.